The van der Waals surface area contributed by atoms with Gasteiger partial charge in [0.25, 0.3) is 5.91 Å². The quantitative estimate of drug-likeness (QED) is 0.450. The number of hydrogen-bond donors (Lipinski definition) is 2. The molecular formula is C26H31N5O5S. The number of primary amides is 1. The molecule has 1 aliphatic heterocycles. The fourth-order valence-corrected chi connectivity index (χ4v) is 6.23. The van der Waals surface area contributed by atoms with Crippen molar-refractivity contribution in [1.82, 2.24) is 9.97 Å². The predicted octanol–water partition coefficient (Wildman–Crippen LogP) is 3.79. The van der Waals surface area contributed by atoms with E-state index >= 15 is 0 Å². The van der Waals surface area contributed by atoms with Crippen LogP contribution in [0.5, 0.6) is 11.5 Å². The molecule has 37 heavy (non-hydrogen) atoms. The minimum atomic E-state index is -4.23. The van der Waals surface area contributed by atoms with E-state index in [0.717, 1.165) is 6.42 Å². The van der Waals surface area contributed by atoms with Gasteiger partial charge >= 0.3 is 0 Å². The van der Waals surface area contributed by atoms with Gasteiger partial charge in [-0.1, -0.05) is 13.0 Å². The Kier molecular flexibility index (Phi) is 7.00. The minimum absolute atomic E-state index is 0.137. The zero-order valence-corrected chi connectivity index (χ0v) is 22.3. The van der Waals surface area contributed by atoms with Crippen LogP contribution in [-0.2, 0) is 9.84 Å². The Hall–Kier alpha value is -3.86. The van der Waals surface area contributed by atoms with Gasteiger partial charge in [-0.15, -0.1) is 0 Å². The molecule has 0 aliphatic carbocycles. The standard InChI is InChI=1S/C26H31N5O5S/c1-16-14-26(2,3)31(15-16)25-23(24(27)32)20(9-10-28-25)37(33,34)22-8-6-7-21(30-22)29-17-11-18(35-4)13-19(12-17)36-5/h6-13,16H,14-15H2,1-5H3,(H2,27,32)(H,29,30). The van der Waals surface area contributed by atoms with Crippen molar-refractivity contribution in [2.75, 3.05) is 31.0 Å². The fourth-order valence-electron chi connectivity index (χ4n) is 4.83. The van der Waals surface area contributed by atoms with Crippen molar-refractivity contribution in [2.24, 2.45) is 11.7 Å². The molecule has 2 aromatic heterocycles. The number of nitrogens with two attached hydrogens (primary N) is 1. The van der Waals surface area contributed by atoms with E-state index in [1.54, 1.807) is 30.3 Å². The number of ether oxygens (including phenoxy) is 2. The van der Waals surface area contributed by atoms with Gasteiger partial charge in [0.2, 0.25) is 9.84 Å². The lowest BCUT2D eigenvalue weighted by Gasteiger charge is -2.33. The summed E-state index contributed by atoms with van der Waals surface area (Å²) in [7, 11) is -1.16. The van der Waals surface area contributed by atoms with Gasteiger partial charge in [-0.2, -0.15) is 0 Å². The summed E-state index contributed by atoms with van der Waals surface area (Å²) in [5.74, 6) is 1.13. The van der Waals surface area contributed by atoms with Crippen molar-refractivity contribution < 1.29 is 22.7 Å². The molecule has 196 valence electrons. The van der Waals surface area contributed by atoms with Gasteiger partial charge in [0.15, 0.2) is 5.03 Å². The summed E-state index contributed by atoms with van der Waals surface area (Å²) in [6, 6.07) is 11.0. The first kappa shape index (κ1) is 26.2. The number of benzene rings is 1. The molecule has 4 rings (SSSR count). The predicted molar refractivity (Wildman–Crippen MR) is 140 cm³/mol. The zero-order chi connectivity index (χ0) is 27.0. The summed E-state index contributed by atoms with van der Waals surface area (Å²) in [6.45, 7) is 6.81. The van der Waals surface area contributed by atoms with E-state index in [-0.39, 0.29) is 32.7 Å². The number of nitrogens with zero attached hydrogens (tertiary/aromatic N) is 3. The molecule has 1 aliphatic rings. The average Bonchev–Trinajstić information content (AvgIpc) is 3.14. The van der Waals surface area contributed by atoms with Gasteiger partial charge in [0.05, 0.1) is 19.1 Å². The third kappa shape index (κ3) is 5.17. The lowest BCUT2D eigenvalue weighted by atomic mass is 9.97. The highest BCUT2D eigenvalue weighted by Gasteiger charge is 2.40. The molecule has 3 N–H and O–H groups in total. The smallest absolute Gasteiger partial charge is 0.253 e. The molecule has 1 fully saturated rings. The SMILES string of the molecule is COc1cc(Nc2cccc(S(=O)(=O)c3ccnc(N4CC(C)CC4(C)C)c3C(N)=O)n2)cc(OC)c1. The largest absolute Gasteiger partial charge is 0.497 e. The van der Waals surface area contributed by atoms with E-state index in [1.165, 1.54) is 32.5 Å². The topological polar surface area (TPSA) is 137 Å². The Morgan fingerprint density at radius 2 is 1.81 bits per heavy atom. The van der Waals surface area contributed by atoms with Crippen LogP contribution in [0.2, 0.25) is 0 Å². The molecule has 1 atom stereocenters. The maximum Gasteiger partial charge on any atom is 0.253 e. The Morgan fingerprint density at radius 1 is 1.14 bits per heavy atom. The lowest BCUT2D eigenvalue weighted by Crippen LogP contribution is -2.40. The summed E-state index contributed by atoms with van der Waals surface area (Å²) in [5, 5.41) is 2.84. The number of aromatic nitrogens is 2. The molecule has 0 saturated carbocycles. The third-order valence-corrected chi connectivity index (χ3v) is 8.08. The molecular weight excluding hydrogens is 494 g/mol. The van der Waals surface area contributed by atoms with Crippen LogP contribution in [0, 0.1) is 5.92 Å². The van der Waals surface area contributed by atoms with Crippen LogP contribution in [0.1, 0.15) is 37.6 Å². The first-order valence-electron chi connectivity index (χ1n) is 11.7. The Labute approximate surface area is 216 Å². The maximum atomic E-state index is 13.8. The second-order valence-electron chi connectivity index (χ2n) is 9.70. The Balaban J connectivity index is 1.76. The van der Waals surface area contributed by atoms with Crippen molar-refractivity contribution in [2.45, 2.75) is 42.7 Å². The van der Waals surface area contributed by atoms with Crippen LogP contribution in [0.3, 0.4) is 0 Å². The van der Waals surface area contributed by atoms with E-state index < -0.39 is 15.7 Å². The van der Waals surface area contributed by atoms with Crippen molar-refractivity contribution >= 4 is 33.1 Å². The number of amides is 1. The summed E-state index contributed by atoms with van der Waals surface area (Å²) >= 11 is 0. The van der Waals surface area contributed by atoms with E-state index in [1.807, 2.05) is 18.7 Å². The molecule has 0 radical (unpaired) electrons. The monoisotopic (exact) mass is 525 g/mol. The van der Waals surface area contributed by atoms with Gasteiger partial charge in [0, 0.05) is 42.2 Å². The molecule has 11 heteroatoms. The van der Waals surface area contributed by atoms with E-state index in [9.17, 15) is 13.2 Å². The number of sulfone groups is 1. The van der Waals surface area contributed by atoms with Crippen LogP contribution >= 0.6 is 0 Å². The van der Waals surface area contributed by atoms with Gasteiger partial charge in [-0.25, -0.2) is 18.4 Å². The number of carbonyl (C=O) groups is 1. The lowest BCUT2D eigenvalue weighted by molar-refractivity contribution is 0.0997. The first-order valence-corrected chi connectivity index (χ1v) is 13.2. The second kappa shape index (κ2) is 9.89. The van der Waals surface area contributed by atoms with Gasteiger partial charge in [-0.3, -0.25) is 4.79 Å². The first-order chi connectivity index (χ1) is 17.5. The van der Waals surface area contributed by atoms with E-state index in [0.29, 0.717) is 29.6 Å². The van der Waals surface area contributed by atoms with Gasteiger partial charge < -0.3 is 25.4 Å². The summed E-state index contributed by atoms with van der Waals surface area (Å²) in [5.41, 5.74) is 5.87. The maximum absolute atomic E-state index is 13.8. The molecule has 3 aromatic rings. The minimum Gasteiger partial charge on any atom is -0.497 e. The Bertz CT molecular complexity index is 1420. The van der Waals surface area contributed by atoms with Gasteiger partial charge in [0.1, 0.15) is 28.7 Å². The molecule has 3 heterocycles. The number of nitrogens with one attached hydrogen (secondary N) is 1. The van der Waals surface area contributed by atoms with Crippen LogP contribution in [0.15, 0.2) is 58.6 Å². The highest BCUT2D eigenvalue weighted by atomic mass is 32.2. The average molecular weight is 526 g/mol. The highest BCUT2D eigenvalue weighted by Crippen LogP contribution is 2.39. The summed E-state index contributed by atoms with van der Waals surface area (Å²) in [4.78, 5) is 23.1. The van der Waals surface area contributed by atoms with Crippen LogP contribution < -0.4 is 25.4 Å². The highest BCUT2D eigenvalue weighted by molar-refractivity contribution is 7.91. The third-order valence-electron chi connectivity index (χ3n) is 6.38. The summed E-state index contributed by atoms with van der Waals surface area (Å²) in [6.07, 6.45) is 2.26. The molecule has 1 saturated heterocycles. The van der Waals surface area contributed by atoms with Crippen molar-refractivity contribution in [3.05, 3.63) is 54.2 Å². The van der Waals surface area contributed by atoms with Crippen molar-refractivity contribution in [1.29, 1.82) is 0 Å². The summed E-state index contributed by atoms with van der Waals surface area (Å²) < 4.78 is 38.1. The molecule has 0 spiro atoms. The number of anilines is 3. The second-order valence-corrected chi connectivity index (χ2v) is 11.6. The fraction of sp³-hybridized carbons (Fsp3) is 0.346. The van der Waals surface area contributed by atoms with Crippen molar-refractivity contribution in [3.8, 4) is 11.5 Å². The van der Waals surface area contributed by atoms with Crippen LogP contribution in [0.4, 0.5) is 17.3 Å². The molecule has 10 nitrogen and oxygen atoms in total. The Morgan fingerprint density at radius 3 is 2.38 bits per heavy atom. The number of rotatable bonds is 8. The number of methoxy groups -OCH3 is 2. The number of carbonyl (C=O) groups excluding carboxylic acids is 1. The van der Waals surface area contributed by atoms with Crippen LogP contribution in [-0.4, -0.2) is 50.6 Å². The number of pyridine rings is 2. The van der Waals surface area contributed by atoms with E-state index in [2.05, 4.69) is 22.2 Å². The van der Waals surface area contributed by atoms with Crippen LogP contribution in [0.25, 0.3) is 0 Å². The molecule has 1 unspecified atom stereocenters. The zero-order valence-electron chi connectivity index (χ0n) is 21.5. The van der Waals surface area contributed by atoms with Crippen molar-refractivity contribution in [3.63, 3.8) is 0 Å². The molecule has 1 aromatic carbocycles. The van der Waals surface area contributed by atoms with E-state index in [4.69, 9.17) is 15.2 Å². The normalized spacial score (nSPS) is 16.9. The van der Waals surface area contributed by atoms with Gasteiger partial charge in [-0.05, 0) is 44.4 Å². The number of hydrogen-bond acceptors (Lipinski definition) is 9. The molecule has 1 amide bonds. The molecule has 0 bridgehead atoms.